The molecule has 1 heterocycles. The molecule has 2 aromatic rings. The number of hydrogen-bond acceptors (Lipinski definition) is 12. The van der Waals surface area contributed by atoms with Crippen LogP contribution in [0.5, 0.6) is 0 Å². The van der Waals surface area contributed by atoms with Crippen molar-refractivity contribution in [2.24, 2.45) is 10.2 Å². The fourth-order valence-corrected chi connectivity index (χ4v) is 3.38. The Morgan fingerprint density at radius 1 is 1.28 bits per heavy atom. The molecule has 1 aromatic heterocycles. The average Bonchev–Trinajstić information content (AvgIpc) is 2.66. The van der Waals surface area contributed by atoms with E-state index >= 15 is 0 Å². The Balaban J connectivity index is 2.47. The summed E-state index contributed by atoms with van der Waals surface area (Å²) in [6, 6.07) is 3.57. The van der Waals surface area contributed by atoms with Crippen molar-refractivity contribution in [1.29, 1.82) is 0 Å². The molecule has 158 valence electrons. The van der Waals surface area contributed by atoms with Crippen LogP contribution in [-0.4, -0.2) is 41.3 Å². The van der Waals surface area contributed by atoms with E-state index in [4.69, 9.17) is 22.6 Å². The summed E-state index contributed by atoms with van der Waals surface area (Å²) < 4.78 is 36.8. The number of anilines is 2. The summed E-state index contributed by atoms with van der Waals surface area (Å²) in [6.45, 7) is 5.10. The zero-order valence-electron chi connectivity index (χ0n) is 15.2. The predicted molar refractivity (Wildman–Crippen MR) is 106 cm³/mol. The zero-order chi connectivity index (χ0) is 21.6. The average molecular weight is 465 g/mol. The SMILES string of the molecule is CCN(CC)c1nc(N)c(N=Nc2cc(SOOO)ccc2S(=O)(=O)O)c(Cl)n1. The van der Waals surface area contributed by atoms with Gasteiger partial charge in [0.15, 0.2) is 16.7 Å². The van der Waals surface area contributed by atoms with Gasteiger partial charge in [-0.25, -0.2) is 5.26 Å². The molecule has 29 heavy (non-hydrogen) atoms. The van der Waals surface area contributed by atoms with E-state index in [1.165, 1.54) is 12.1 Å². The normalized spacial score (nSPS) is 11.9. The van der Waals surface area contributed by atoms with Gasteiger partial charge in [0.25, 0.3) is 10.1 Å². The molecule has 2 rings (SSSR count). The quantitative estimate of drug-likeness (QED) is 0.123. The minimum atomic E-state index is -4.61. The summed E-state index contributed by atoms with van der Waals surface area (Å²) >= 11 is 6.70. The maximum Gasteiger partial charge on any atom is 0.296 e. The van der Waals surface area contributed by atoms with Crippen molar-refractivity contribution in [2.75, 3.05) is 23.7 Å². The molecule has 0 amide bonds. The smallest absolute Gasteiger partial charge is 0.296 e. The molecule has 1 aromatic carbocycles. The second-order valence-corrected chi connectivity index (χ2v) is 7.77. The molecule has 15 heteroatoms. The van der Waals surface area contributed by atoms with Crippen LogP contribution in [0.4, 0.5) is 23.1 Å². The molecule has 0 aliphatic heterocycles. The van der Waals surface area contributed by atoms with Gasteiger partial charge in [-0.2, -0.15) is 18.4 Å². The first-order chi connectivity index (χ1) is 13.7. The number of azo groups is 1. The van der Waals surface area contributed by atoms with Crippen molar-refractivity contribution in [1.82, 2.24) is 9.97 Å². The molecular weight excluding hydrogens is 448 g/mol. The molecule has 0 radical (unpaired) electrons. The van der Waals surface area contributed by atoms with Crippen molar-refractivity contribution >= 4 is 56.9 Å². The van der Waals surface area contributed by atoms with Crippen LogP contribution in [0.1, 0.15) is 13.8 Å². The summed E-state index contributed by atoms with van der Waals surface area (Å²) in [4.78, 5) is 9.85. The Bertz CT molecular complexity index is 979. The van der Waals surface area contributed by atoms with Crippen molar-refractivity contribution in [3.8, 4) is 0 Å². The topological polar surface area (TPSA) is 173 Å². The number of aromatic nitrogens is 2. The van der Waals surface area contributed by atoms with E-state index < -0.39 is 15.0 Å². The van der Waals surface area contributed by atoms with Crippen LogP contribution in [0, 0.1) is 0 Å². The number of benzene rings is 1. The summed E-state index contributed by atoms with van der Waals surface area (Å²) in [6.07, 6.45) is 0. The van der Waals surface area contributed by atoms with Crippen LogP contribution in [0.15, 0.2) is 38.2 Å². The fourth-order valence-electron chi connectivity index (χ4n) is 2.18. The van der Waals surface area contributed by atoms with Crippen LogP contribution in [-0.2, 0) is 19.5 Å². The molecule has 12 nitrogen and oxygen atoms in total. The lowest BCUT2D eigenvalue weighted by atomic mass is 10.3. The monoisotopic (exact) mass is 464 g/mol. The zero-order valence-corrected chi connectivity index (χ0v) is 17.6. The lowest BCUT2D eigenvalue weighted by Gasteiger charge is -2.19. The third kappa shape index (κ3) is 5.96. The Kier molecular flexibility index (Phi) is 8.09. The Morgan fingerprint density at radius 3 is 2.52 bits per heavy atom. The van der Waals surface area contributed by atoms with Gasteiger partial charge in [-0.1, -0.05) is 16.6 Å². The molecular formula is C14H17ClN6O6S2. The minimum absolute atomic E-state index is 0.0633. The lowest BCUT2D eigenvalue weighted by molar-refractivity contribution is -0.432. The summed E-state index contributed by atoms with van der Waals surface area (Å²) in [5, 5.41) is 19.3. The first-order valence-electron chi connectivity index (χ1n) is 7.97. The molecule has 0 aliphatic rings. The van der Waals surface area contributed by atoms with Crippen LogP contribution in [0.3, 0.4) is 0 Å². The molecule has 0 saturated carbocycles. The van der Waals surface area contributed by atoms with Crippen molar-refractivity contribution < 1.29 is 27.6 Å². The predicted octanol–water partition coefficient (Wildman–Crippen LogP) is 3.65. The Morgan fingerprint density at radius 2 is 1.97 bits per heavy atom. The second-order valence-electron chi connectivity index (χ2n) is 5.25. The summed E-state index contributed by atoms with van der Waals surface area (Å²) in [7, 11) is -4.61. The number of halogens is 1. The summed E-state index contributed by atoms with van der Waals surface area (Å²) in [5.41, 5.74) is 5.58. The van der Waals surface area contributed by atoms with Crippen LogP contribution in [0.25, 0.3) is 0 Å². The summed E-state index contributed by atoms with van der Waals surface area (Å²) in [5.74, 6) is 0.251. The van der Waals surface area contributed by atoms with E-state index in [1.54, 1.807) is 0 Å². The maximum absolute atomic E-state index is 11.6. The van der Waals surface area contributed by atoms with E-state index in [1.807, 2.05) is 18.7 Å². The number of nitrogen functional groups attached to an aromatic ring is 1. The highest BCUT2D eigenvalue weighted by Gasteiger charge is 2.18. The van der Waals surface area contributed by atoms with E-state index in [0.717, 1.165) is 6.07 Å². The molecule has 0 spiro atoms. The molecule has 0 saturated heterocycles. The third-order valence-corrected chi connectivity index (χ3v) is 5.27. The first-order valence-corrected chi connectivity index (χ1v) is 10.5. The van der Waals surface area contributed by atoms with Gasteiger partial charge in [0.2, 0.25) is 5.95 Å². The maximum atomic E-state index is 11.6. The van der Waals surface area contributed by atoms with Crippen LogP contribution >= 0.6 is 23.6 Å². The highest BCUT2D eigenvalue weighted by atomic mass is 35.5. The standard InChI is InChI=1S/C14H17ClN6O6S2/c1-3-21(4-2)14-17-12(15)11(13(16)18-14)20-19-9-7-8(28-27-26-22)5-6-10(9)29(23,24)25/h5-7,22H,3-4H2,1-2H3,(H2,16,17,18)(H,23,24,25). The van der Waals surface area contributed by atoms with E-state index in [-0.39, 0.29) is 27.2 Å². The van der Waals surface area contributed by atoms with Gasteiger partial charge in [-0.05, 0) is 32.0 Å². The number of nitrogens with zero attached hydrogens (tertiary/aromatic N) is 5. The molecule has 4 N–H and O–H groups in total. The number of hydrogen-bond donors (Lipinski definition) is 3. The molecule has 0 atom stereocenters. The van der Waals surface area contributed by atoms with E-state index in [9.17, 15) is 13.0 Å². The van der Waals surface area contributed by atoms with Crippen molar-refractivity contribution in [3.05, 3.63) is 23.4 Å². The largest absolute Gasteiger partial charge is 0.382 e. The number of rotatable bonds is 9. The fraction of sp³-hybridized carbons (Fsp3) is 0.286. The van der Waals surface area contributed by atoms with Gasteiger partial charge >= 0.3 is 0 Å². The van der Waals surface area contributed by atoms with Crippen LogP contribution < -0.4 is 10.6 Å². The molecule has 0 bridgehead atoms. The van der Waals surface area contributed by atoms with E-state index in [2.05, 4.69) is 29.6 Å². The second kappa shape index (κ2) is 10.1. The highest BCUT2D eigenvalue weighted by Crippen LogP contribution is 2.35. The van der Waals surface area contributed by atoms with Crippen LogP contribution in [0.2, 0.25) is 5.15 Å². The van der Waals surface area contributed by atoms with Gasteiger partial charge < -0.3 is 10.6 Å². The first kappa shape index (κ1) is 23.2. The van der Waals surface area contributed by atoms with Gasteiger partial charge in [0.1, 0.15) is 10.6 Å². The van der Waals surface area contributed by atoms with Gasteiger partial charge in [0.05, 0.1) is 12.0 Å². The van der Waals surface area contributed by atoms with Crippen molar-refractivity contribution in [2.45, 2.75) is 23.6 Å². The molecule has 0 aliphatic carbocycles. The number of nitrogens with two attached hydrogens (primary N) is 1. The third-order valence-electron chi connectivity index (χ3n) is 3.53. The Hall–Kier alpha value is -2.07. The highest BCUT2D eigenvalue weighted by molar-refractivity contribution is 7.94. The molecule has 0 fully saturated rings. The Labute approximate surface area is 175 Å². The van der Waals surface area contributed by atoms with E-state index in [0.29, 0.717) is 31.1 Å². The lowest BCUT2D eigenvalue weighted by Crippen LogP contribution is -2.24. The molecule has 0 unspecified atom stereocenters. The van der Waals surface area contributed by atoms with Gasteiger partial charge in [0, 0.05) is 18.0 Å². The van der Waals surface area contributed by atoms with Gasteiger partial charge in [-0.3, -0.25) is 4.55 Å². The van der Waals surface area contributed by atoms with Gasteiger partial charge in [-0.15, -0.1) is 14.6 Å². The van der Waals surface area contributed by atoms with Crippen molar-refractivity contribution in [3.63, 3.8) is 0 Å². The minimum Gasteiger partial charge on any atom is -0.382 e.